The molecule has 3 aromatic carbocycles. The average molecular weight is 696 g/mol. The smallest absolute Gasteiger partial charge is 0.0346 e. The molecule has 0 amide bonds. The third-order valence-corrected chi connectivity index (χ3v) is 7.39. The summed E-state index contributed by atoms with van der Waals surface area (Å²) in [5, 5.41) is 2.45. The van der Waals surface area contributed by atoms with Gasteiger partial charge in [-0.1, -0.05) is 116 Å². The molecular formula is C36H44Cl2N3Pd-. The van der Waals surface area contributed by atoms with Crippen LogP contribution in [0.2, 0.25) is 0 Å². The summed E-state index contributed by atoms with van der Waals surface area (Å²) in [6, 6.07) is 23.7. The standard InChI is InChI=1S/C27H37N2.C9H7N.2ClH.Pd/c1-18(2)22-11-9-12-23(19(3)4)26(22)28-15-16-29(17-28)27-24(20(5)6)13-10-14-25(27)21(7)8;1-2-4-9-7-10-6-5-8(9)3-1;;;/h9-21H,1-8H3;1-7H;2*1H;/q-1;;;;+2/p-2. The van der Waals surface area contributed by atoms with Gasteiger partial charge in [0.2, 0.25) is 0 Å². The molecule has 0 spiro atoms. The van der Waals surface area contributed by atoms with Crippen molar-refractivity contribution in [1.82, 2.24) is 4.98 Å². The van der Waals surface area contributed by atoms with E-state index in [1.54, 1.807) is 0 Å². The summed E-state index contributed by atoms with van der Waals surface area (Å²) < 4.78 is 0. The SMILES string of the molecule is CC(C)c1cccc(C(C)C)c1N1C=CN(c2c(C(C)C)cccc2C(C)C)[CH-]1.[Cl][Pd][Cl].c1ccc2cnccc2c1. The molecule has 4 aromatic rings. The molecule has 0 saturated heterocycles. The fourth-order valence-electron chi connectivity index (χ4n) is 5.27. The Kier molecular flexibility index (Phi) is 13.4. The van der Waals surface area contributed by atoms with E-state index in [4.69, 9.17) is 19.1 Å². The Bertz CT molecular complexity index is 1260. The largest absolute Gasteiger partial charge is 0.264 e. The Morgan fingerprint density at radius 2 is 0.952 bits per heavy atom. The van der Waals surface area contributed by atoms with Gasteiger partial charge in [0, 0.05) is 23.8 Å². The van der Waals surface area contributed by atoms with Gasteiger partial charge in [-0.3, -0.25) is 4.98 Å². The number of para-hydroxylation sites is 2. The van der Waals surface area contributed by atoms with Crippen molar-refractivity contribution in [1.29, 1.82) is 0 Å². The zero-order valence-electron chi connectivity index (χ0n) is 26.0. The van der Waals surface area contributed by atoms with E-state index in [-0.39, 0.29) is 15.9 Å². The molecule has 1 aromatic heterocycles. The first-order valence-electron chi connectivity index (χ1n) is 14.6. The second-order valence-electron chi connectivity index (χ2n) is 11.7. The van der Waals surface area contributed by atoms with E-state index in [0.717, 1.165) is 0 Å². The van der Waals surface area contributed by atoms with E-state index in [1.165, 1.54) is 44.4 Å². The van der Waals surface area contributed by atoms with E-state index in [9.17, 15) is 0 Å². The maximum Gasteiger partial charge on any atom is 0.0346 e. The zero-order chi connectivity index (χ0) is 30.8. The monoisotopic (exact) mass is 694 g/mol. The number of anilines is 2. The van der Waals surface area contributed by atoms with Gasteiger partial charge in [0.15, 0.2) is 0 Å². The molecule has 0 fully saturated rings. The first-order valence-corrected chi connectivity index (χ1v) is 18.6. The van der Waals surface area contributed by atoms with Crippen LogP contribution in [0.15, 0.2) is 91.5 Å². The molecular weight excluding hydrogens is 652 g/mol. The van der Waals surface area contributed by atoms with Crippen LogP contribution in [0.4, 0.5) is 11.4 Å². The number of halogens is 2. The Morgan fingerprint density at radius 1 is 0.571 bits per heavy atom. The molecule has 0 bridgehead atoms. The maximum atomic E-state index is 4.81. The molecule has 5 rings (SSSR count). The second-order valence-corrected chi connectivity index (χ2v) is 14.0. The number of rotatable bonds is 6. The quantitative estimate of drug-likeness (QED) is 0.148. The van der Waals surface area contributed by atoms with E-state index in [1.807, 2.05) is 30.6 Å². The van der Waals surface area contributed by atoms with E-state index >= 15 is 0 Å². The topological polar surface area (TPSA) is 19.4 Å². The third-order valence-electron chi connectivity index (χ3n) is 7.39. The minimum absolute atomic E-state index is 0.106. The van der Waals surface area contributed by atoms with Gasteiger partial charge in [0.25, 0.3) is 0 Å². The van der Waals surface area contributed by atoms with Crippen molar-refractivity contribution < 1.29 is 15.9 Å². The van der Waals surface area contributed by atoms with Crippen molar-refractivity contribution in [2.75, 3.05) is 9.80 Å². The number of benzene rings is 3. The molecule has 2 heterocycles. The van der Waals surface area contributed by atoms with Crippen LogP contribution in [0.3, 0.4) is 0 Å². The number of hydrogen-bond acceptors (Lipinski definition) is 3. The fraction of sp³-hybridized carbons (Fsp3) is 0.333. The summed E-state index contributed by atoms with van der Waals surface area (Å²) in [6.07, 6.45) is 8.11. The molecule has 0 radical (unpaired) electrons. The Morgan fingerprint density at radius 3 is 1.31 bits per heavy atom. The summed E-state index contributed by atoms with van der Waals surface area (Å²) in [7, 11) is 9.63. The molecule has 228 valence electrons. The number of aromatic nitrogens is 1. The Hall–Kier alpha value is -2.35. The van der Waals surface area contributed by atoms with E-state index in [0.29, 0.717) is 23.7 Å². The van der Waals surface area contributed by atoms with Crippen molar-refractivity contribution in [2.24, 2.45) is 0 Å². The fourth-order valence-corrected chi connectivity index (χ4v) is 5.27. The maximum absolute atomic E-state index is 4.81. The number of nitrogens with zero attached hydrogens (tertiary/aromatic N) is 3. The molecule has 3 nitrogen and oxygen atoms in total. The van der Waals surface area contributed by atoms with Crippen LogP contribution in [0.25, 0.3) is 10.8 Å². The van der Waals surface area contributed by atoms with E-state index < -0.39 is 0 Å². The van der Waals surface area contributed by atoms with Crippen molar-refractivity contribution in [2.45, 2.75) is 79.1 Å². The van der Waals surface area contributed by atoms with Gasteiger partial charge in [-0.25, -0.2) is 0 Å². The molecule has 0 N–H and O–H groups in total. The van der Waals surface area contributed by atoms with Crippen molar-refractivity contribution in [3.63, 3.8) is 0 Å². The van der Waals surface area contributed by atoms with Crippen LogP contribution in [-0.2, 0) is 15.9 Å². The van der Waals surface area contributed by atoms with Crippen LogP contribution in [-0.4, -0.2) is 4.98 Å². The molecule has 1 aliphatic rings. The summed E-state index contributed by atoms with van der Waals surface area (Å²) in [5.41, 5.74) is 8.29. The van der Waals surface area contributed by atoms with Gasteiger partial charge in [0.1, 0.15) is 0 Å². The molecule has 1 aliphatic heterocycles. The predicted octanol–water partition coefficient (Wildman–Crippen LogP) is 11.7. The number of hydrogen-bond donors (Lipinski definition) is 0. The number of fused-ring (bicyclic) bond motifs is 1. The van der Waals surface area contributed by atoms with Crippen molar-refractivity contribution in [3.05, 3.63) is 120 Å². The summed E-state index contributed by atoms with van der Waals surface area (Å²) in [5.74, 6) is 1.92. The second kappa shape index (κ2) is 16.5. The van der Waals surface area contributed by atoms with Gasteiger partial charge in [-0.05, 0) is 75.2 Å². The first-order chi connectivity index (χ1) is 20.1. The Labute approximate surface area is 270 Å². The van der Waals surface area contributed by atoms with Crippen LogP contribution in [0, 0.1) is 6.67 Å². The Balaban J connectivity index is 0.000000306. The van der Waals surface area contributed by atoms with Gasteiger partial charge in [0.05, 0.1) is 0 Å². The molecule has 0 aliphatic carbocycles. The van der Waals surface area contributed by atoms with Gasteiger partial charge < -0.3 is 9.80 Å². The summed E-state index contributed by atoms with van der Waals surface area (Å²) >= 11 is -0.106. The zero-order valence-corrected chi connectivity index (χ0v) is 29.0. The van der Waals surface area contributed by atoms with E-state index in [2.05, 4.69) is 138 Å². The molecule has 0 saturated carbocycles. The number of pyridine rings is 1. The van der Waals surface area contributed by atoms with Crippen LogP contribution in [0.5, 0.6) is 0 Å². The molecule has 42 heavy (non-hydrogen) atoms. The normalized spacial score (nSPS) is 12.8. The minimum atomic E-state index is -0.106. The summed E-state index contributed by atoms with van der Waals surface area (Å²) in [6.45, 7) is 20.5. The van der Waals surface area contributed by atoms with Gasteiger partial charge in [-0.2, -0.15) is 0 Å². The van der Waals surface area contributed by atoms with Crippen LogP contribution >= 0.6 is 19.1 Å². The van der Waals surface area contributed by atoms with Crippen LogP contribution < -0.4 is 9.80 Å². The molecule has 0 atom stereocenters. The average Bonchev–Trinajstić information content (AvgIpc) is 3.47. The first kappa shape index (κ1) is 34.1. The predicted molar refractivity (Wildman–Crippen MR) is 181 cm³/mol. The van der Waals surface area contributed by atoms with Crippen molar-refractivity contribution in [3.8, 4) is 0 Å². The van der Waals surface area contributed by atoms with Crippen molar-refractivity contribution >= 4 is 41.2 Å². The van der Waals surface area contributed by atoms with Gasteiger partial charge >= 0.3 is 35.0 Å². The molecule has 6 heteroatoms. The minimum Gasteiger partial charge on any atom is -0.264 e. The van der Waals surface area contributed by atoms with Crippen LogP contribution in [0.1, 0.15) is 101 Å². The summed E-state index contributed by atoms with van der Waals surface area (Å²) in [4.78, 5) is 8.66. The molecule has 0 unspecified atom stereocenters. The van der Waals surface area contributed by atoms with Gasteiger partial charge in [-0.15, -0.1) is 6.67 Å². The third kappa shape index (κ3) is 8.61.